The molecule has 0 saturated carbocycles. The van der Waals surface area contributed by atoms with Gasteiger partial charge in [-0.25, -0.2) is 4.68 Å². The summed E-state index contributed by atoms with van der Waals surface area (Å²) in [5.74, 6) is 0.0972. The molecule has 1 heterocycles. The van der Waals surface area contributed by atoms with Crippen molar-refractivity contribution in [2.45, 2.75) is 39.3 Å². The Morgan fingerprint density at radius 2 is 2.25 bits per heavy atom. The molecule has 68 valence electrons. The second kappa shape index (κ2) is 3.67. The van der Waals surface area contributed by atoms with Crippen LogP contribution in [0.2, 0.25) is 0 Å². The highest BCUT2D eigenvalue weighted by atomic mass is 16.3. The van der Waals surface area contributed by atoms with Crippen LogP contribution < -0.4 is 0 Å². The first-order chi connectivity index (χ1) is 5.66. The molecule has 1 rings (SSSR count). The zero-order chi connectivity index (χ0) is 9.14. The zero-order valence-corrected chi connectivity index (χ0v) is 7.73. The van der Waals surface area contributed by atoms with Crippen molar-refractivity contribution in [3.05, 3.63) is 11.9 Å². The Morgan fingerprint density at radius 1 is 1.58 bits per heavy atom. The fourth-order valence-electron chi connectivity index (χ4n) is 1.11. The minimum atomic E-state index is -0.353. The molecule has 1 aromatic heterocycles. The second-order valence-electron chi connectivity index (χ2n) is 3.00. The summed E-state index contributed by atoms with van der Waals surface area (Å²) in [6.07, 6.45) is 1.36. The minimum absolute atomic E-state index is 0.0972. The third-order valence-corrected chi connectivity index (χ3v) is 2.14. The van der Waals surface area contributed by atoms with Gasteiger partial charge in [-0.2, -0.15) is 0 Å². The zero-order valence-electron chi connectivity index (χ0n) is 7.73. The molecular weight excluding hydrogens is 154 g/mol. The van der Waals surface area contributed by atoms with Crippen LogP contribution in [0.4, 0.5) is 0 Å². The molecule has 1 N–H and O–H groups in total. The van der Waals surface area contributed by atoms with Crippen LogP contribution in [0.25, 0.3) is 0 Å². The lowest BCUT2D eigenvalue weighted by Gasteiger charge is -2.14. The Labute approximate surface area is 72.2 Å². The molecule has 2 atom stereocenters. The molecule has 0 aliphatic carbocycles. The molecule has 4 heteroatoms. The maximum absolute atomic E-state index is 9.34. The SMILES string of the molecule is CCn1nncc1C(C)C(C)O. The topological polar surface area (TPSA) is 50.9 Å². The van der Waals surface area contributed by atoms with Crippen LogP contribution in [-0.2, 0) is 6.54 Å². The van der Waals surface area contributed by atoms with Crippen LogP contribution in [-0.4, -0.2) is 26.2 Å². The van der Waals surface area contributed by atoms with Gasteiger partial charge in [0.25, 0.3) is 0 Å². The number of aromatic nitrogens is 3. The fourth-order valence-corrected chi connectivity index (χ4v) is 1.11. The largest absolute Gasteiger partial charge is 0.393 e. The van der Waals surface area contributed by atoms with Crippen LogP contribution >= 0.6 is 0 Å². The van der Waals surface area contributed by atoms with E-state index in [0.29, 0.717) is 0 Å². The maximum atomic E-state index is 9.34. The van der Waals surface area contributed by atoms with E-state index in [0.717, 1.165) is 12.2 Å². The van der Waals surface area contributed by atoms with E-state index in [1.54, 1.807) is 17.8 Å². The predicted octanol–water partition coefficient (Wildman–Crippen LogP) is 0.782. The first-order valence-electron chi connectivity index (χ1n) is 4.23. The molecule has 0 radical (unpaired) electrons. The fraction of sp³-hybridized carbons (Fsp3) is 0.750. The van der Waals surface area contributed by atoms with E-state index in [2.05, 4.69) is 10.3 Å². The molecule has 1 aromatic rings. The van der Waals surface area contributed by atoms with Gasteiger partial charge in [0.15, 0.2) is 0 Å². The summed E-state index contributed by atoms with van der Waals surface area (Å²) in [4.78, 5) is 0. The quantitative estimate of drug-likeness (QED) is 0.727. The Kier molecular flexibility index (Phi) is 2.81. The highest BCUT2D eigenvalue weighted by Gasteiger charge is 2.15. The molecule has 0 fully saturated rings. The number of hydrogen-bond donors (Lipinski definition) is 1. The van der Waals surface area contributed by atoms with Gasteiger partial charge in [0.05, 0.1) is 18.0 Å². The van der Waals surface area contributed by atoms with Gasteiger partial charge >= 0.3 is 0 Å². The number of aliphatic hydroxyl groups excluding tert-OH is 1. The lowest BCUT2D eigenvalue weighted by atomic mass is 10.0. The van der Waals surface area contributed by atoms with Crippen molar-refractivity contribution in [2.75, 3.05) is 0 Å². The van der Waals surface area contributed by atoms with Gasteiger partial charge in [0, 0.05) is 12.5 Å². The summed E-state index contributed by atoms with van der Waals surface area (Å²) in [7, 11) is 0. The monoisotopic (exact) mass is 169 g/mol. The Balaban J connectivity index is 2.86. The average molecular weight is 169 g/mol. The van der Waals surface area contributed by atoms with Crippen molar-refractivity contribution in [1.82, 2.24) is 15.0 Å². The molecule has 2 unspecified atom stereocenters. The van der Waals surface area contributed by atoms with Crippen molar-refractivity contribution < 1.29 is 5.11 Å². The third kappa shape index (κ3) is 1.64. The van der Waals surface area contributed by atoms with E-state index >= 15 is 0 Å². The summed E-state index contributed by atoms with van der Waals surface area (Å²) in [6.45, 7) is 6.55. The Bertz CT molecular complexity index is 244. The third-order valence-electron chi connectivity index (χ3n) is 2.14. The molecule has 0 aliphatic heterocycles. The summed E-state index contributed by atoms with van der Waals surface area (Å²) in [5.41, 5.74) is 0.993. The molecule has 4 nitrogen and oxygen atoms in total. The van der Waals surface area contributed by atoms with E-state index < -0.39 is 0 Å². The number of aliphatic hydroxyl groups is 1. The smallest absolute Gasteiger partial charge is 0.0728 e. The van der Waals surface area contributed by atoms with Gasteiger partial charge < -0.3 is 5.11 Å². The predicted molar refractivity (Wildman–Crippen MR) is 45.8 cm³/mol. The molecule has 12 heavy (non-hydrogen) atoms. The van der Waals surface area contributed by atoms with E-state index in [9.17, 15) is 5.11 Å². The van der Waals surface area contributed by atoms with Crippen molar-refractivity contribution in [3.8, 4) is 0 Å². The molecule has 0 aromatic carbocycles. The number of aryl methyl sites for hydroxylation is 1. The van der Waals surface area contributed by atoms with Gasteiger partial charge in [-0.3, -0.25) is 0 Å². The summed E-state index contributed by atoms with van der Waals surface area (Å²) in [6, 6.07) is 0. The van der Waals surface area contributed by atoms with Crippen LogP contribution in [0.15, 0.2) is 6.20 Å². The van der Waals surface area contributed by atoms with E-state index in [1.165, 1.54) is 0 Å². The molecule has 0 aliphatic rings. The standard InChI is InChI=1S/C8H15N3O/c1-4-11-8(5-9-10-11)6(2)7(3)12/h5-7,12H,4H2,1-3H3. The first-order valence-corrected chi connectivity index (χ1v) is 4.23. The first kappa shape index (κ1) is 9.19. The highest BCUT2D eigenvalue weighted by Crippen LogP contribution is 2.17. The van der Waals surface area contributed by atoms with Crippen molar-refractivity contribution in [2.24, 2.45) is 0 Å². The summed E-state index contributed by atoms with van der Waals surface area (Å²) in [5, 5.41) is 17.0. The van der Waals surface area contributed by atoms with E-state index in [1.807, 2.05) is 13.8 Å². The lowest BCUT2D eigenvalue weighted by Crippen LogP contribution is -2.15. The van der Waals surface area contributed by atoms with Gasteiger partial charge in [-0.05, 0) is 13.8 Å². The maximum Gasteiger partial charge on any atom is 0.0728 e. The van der Waals surface area contributed by atoms with Gasteiger partial charge in [0.2, 0.25) is 0 Å². The molecule has 0 saturated heterocycles. The van der Waals surface area contributed by atoms with Gasteiger partial charge in [0.1, 0.15) is 0 Å². The molecule has 0 bridgehead atoms. The minimum Gasteiger partial charge on any atom is -0.393 e. The van der Waals surface area contributed by atoms with Gasteiger partial charge in [-0.1, -0.05) is 12.1 Å². The van der Waals surface area contributed by atoms with Gasteiger partial charge in [-0.15, -0.1) is 5.10 Å². The highest BCUT2D eigenvalue weighted by molar-refractivity contribution is 5.03. The Hall–Kier alpha value is -0.900. The van der Waals surface area contributed by atoms with Crippen LogP contribution in [0.3, 0.4) is 0 Å². The normalized spacial score (nSPS) is 16.0. The number of hydrogen-bond acceptors (Lipinski definition) is 3. The van der Waals surface area contributed by atoms with Crippen LogP contribution in [0, 0.1) is 0 Å². The van der Waals surface area contributed by atoms with E-state index in [-0.39, 0.29) is 12.0 Å². The molecular formula is C8H15N3O. The van der Waals surface area contributed by atoms with Crippen LogP contribution in [0.1, 0.15) is 32.4 Å². The Morgan fingerprint density at radius 3 is 2.75 bits per heavy atom. The number of rotatable bonds is 3. The number of nitrogens with zero attached hydrogens (tertiary/aromatic N) is 3. The van der Waals surface area contributed by atoms with Crippen LogP contribution in [0.5, 0.6) is 0 Å². The van der Waals surface area contributed by atoms with E-state index in [4.69, 9.17) is 0 Å². The second-order valence-corrected chi connectivity index (χ2v) is 3.00. The van der Waals surface area contributed by atoms with Crippen molar-refractivity contribution in [1.29, 1.82) is 0 Å². The molecule has 0 spiro atoms. The average Bonchev–Trinajstić information content (AvgIpc) is 2.49. The van der Waals surface area contributed by atoms with Crippen molar-refractivity contribution in [3.63, 3.8) is 0 Å². The summed E-state index contributed by atoms with van der Waals surface area (Å²) >= 11 is 0. The summed E-state index contributed by atoms with van der Waals surface area (Å²) < 4.78 is 1.80. The molecule has 0 amide bonds. The lowest BCUT2D eigenvalue weighted by molar-refractivity contribution is 0.165. The van der Waals surface area contributed by atoms with Crippen molar-refractivity contribution >= 4 is 0 Å².